The summed E-state index contributed by atoms with van der Waals surface area (Å²) in [7, 11) is 1.94. The van der Waals surface area contributed by atoms with E-state index in [0.717, 1.165) is 12.8 Å². The fourth-order valence-electron chi connectivity index (χ4n) is 2.27. The number of carboxylic acids is 1. The molecular weight excluding hydrogens is 240 g/mol. The molecule has 0 saturated heterocycles. The summed E-state index contributed by atoms with van der Waals surface area (Å²) in [6.45, 7) is 0. The largest absolute Gasteiger partial charge is 0.478 e. The van der Waals surface area contributed by atoms with E-state index in [4.69, 9.17) is 16.7 Å². The van der Waals surface area contributed by atoms with E-state index in [1.165, 1.54) is 18.9 Å². The molecule has 4 nitrogen and oxygen atoms in total. The van der Waals surface area contributed by atoms with E-state index in [0.29, 0.717) is 11.9 Å². The van der Waals surface area contributed by atoms with Gasteiger partial charge in [0.1, 0.15) is 11.0 Å². The Morgan fingerprint density at radius 2 is 2.12 bits per heavy atom. The van der Waals surface area contributed by atoms with Crippen LogP contribution in [0.25, 0.3) is 0 Å². The molecule has 0 amide bonds. The van der Waals surface area contributed by atoms with Crippen molar-refractivity contribution in [2.75, 3.05) is 11.9 Å². The molecule has 0 bridgehead atoms. The van der Waals surface area contributed by atoms with E-state index in [1.807, 2.05) is 11.9 Å². The zero-order valence-corrected chi connectivity index (χ0v) is 10.4. The molecule has 0 aliphatic heterocycles. The van der Waals surface area contributed by atoms with Crippen LogP contribution in [-0.4, -0.2) is 29.1 Å². The Kier molecular flexibility index (Phi) is 3.52. The van der Waals surface area contributed by atoms with Crippen molar-refractivity contribution in [3.63, 3.8) is 0 Å². The minimum absolute atomic E-state index is 0.185. The molecular formula is C12H15ClN2O2. The van der Waals surface area contributed by atoms with Crippen LogP contribution in [0.5, 0.6) is 0 Å². The summed E-state index contributed by atoms with van der Waals surface area (Å²) < 4.78 is 0. The van der Waals surface area contributed by atoms with Gasteiger partial charge in [0.2, 0.25) is 0 Å². The number of carboxylic acid groups (broad SMARTS) is 1. The second-order valence-corrected chi connectivity index (χ2v) is 4.78. The Labute approximate surface area is 105 Å². The summed E-state index contributed by atoms with van der Waals surface area (Å²) in [5.41, 5.74) is 0.185. The smallest absolute Gasteiger partial charge is 0.335 e. The van der Waals surface area contributed by atoms with Crippen LogP contribution in [0, 0.1) is 0 Å². The average molecular weight is 255 g/mol. The summed E-state index contributed by atoms with van der Waals surface area (Å²) in [6.07, 6.45) is 4.71. The zero-order valence-electron chi connectivity index (χ0n) is 9.69. The number of carbonyl (C=O) groups is 1. The fraction of sp³-hybridized carbons (Fsp3) is 0.500. The Morgan fingerprint density at radius 1 is 1.47 bits per heavy atom. The monoisotopic (exact) mass is 254 g/mol. The van der Waals surface area contributed by atoms with Crippen LogP contribution in [0.3, 0.4) is 0 Å². The van der Waals surface area contributed by atoms with E-state index in [9.17, 15) is 4.79 Å². The number of aromatic carboxylic acids is 1. The van der Waals surface area contributed by atoms with Crippen LogP contribution >= 0.6 is 11.6 Å². The van der Waals surface area contributed by atoms with Gasteiger partial charge in [0, 0.05) is 13.1 Å². The lowest BCUT2D eigenvalue weighted by atomic mass is 10.2. The fourth-order valence-corrected chi connectivity index (χ4v) is 2.47. The topological polar surface area (TPSA) is 53.4 Å². The van der Waals surface area contributed by atoms with Gasteiger partial charge < -0.3 is 10.0 Å². The Bertz CT molecular complexity index is 431. The molecule has 1 aliphatic rings. The van der Waals surface area contributed by atoms with Gasteiger partial charge in [-0.2, -0.15) is 0 Å². The number of halogens is 1. The van der Waals surface area contributed by atoms with E-state index in [2.05, 4.69) is 4.98 Å². The Morgan fingerprint density at radius 3 is 2.71 bits per heavy atom. The van der Waals surface area contributed by atoms with Crippen LogP contribution < -0.4 is 4.90 Å². The third kappa shape index (κ3) is 2.69. The van der Waals surface area contributed by atoms with Crippen molar-refractivity contribution in [1.29, 1.82) is 0 Å². The molecule has 0 atom stereocenters. The highest BCUT2D eigenvalue weighted by molar-refractivity contribution is 6.29. The molecule has 1 aromatic heterocycles. The SMILES string of the molecule is CN(c1cc(C(=O)O)cc(Cl)n1)C1CCCC1. The molecule has 0 unspecified atom stereocenters. The molecule has 0 radical (unpaired) electrons. The van der Waals surface area contributed by atoms with Gasteiger partial charge in [0.25, 0.3) is 0 Å². The molecule has 1 aromatic rings. The quantitative estimate of drug-likeness (QED) is 0.843. The number of rotatable bonds is 3. The Hall–Kier alpha value is -1.29. The summed E-state index contributed by atoms with van der Waals surface area (Å²) in [4.78, 5) is 17.2. The normalized spacial score (nSPS) is 16.1. The number of nitrogens with zero attached hydrogens (tertiary/aromatic N) is 2. The van der Waals surface area contributed by atoms with Crippen LogP contribution in [-0.2, 0) is 0 Å². The number of pyridine rings is 1. The van der Waals surface area contributed by atoms with E-state index in [-0.39, 0.29) is 10.7 Å². The standard InChI is InChI=1S/C12H15ClN2O2/c1-15(9-4-2-3-5-9)11-7-8(12(16)17)6-10(13)14-11/h6-7,9H,2-5H2,1H3,(H,16,17). The van der Waals surface area contributed by atoms with E-state index in [1.54, 1.807) is 6.07 Å². The molecule has 1 heterocycles. The highest BCUT2D eigenvalue weighted by Crippen LogP contribution is 2.27. The summed E-state index contributed by atoms with van der Waals surface area (Å²) >= 11 is 5.84. The van der Waals surface area contributed by atoms with E-state index >= 15 is 0 Å². The van der Waals surface area contributed by atoms with Gasteiger partial charge in [0.15, 0.2) is 0 Å². The molecule has 2 rings (SSSR count). The van der Waals surface area contributed by atoms with Crippen molar-refractivity contribution in [1.82, 2.24) is 4.98 Å². The minimum atomic E-state index is -0.977. The molecule has 1 N–H and O–H groups in total. The van der Waals surface area contributed by atoms with Gasteiger partial charge in [-0.1, -0.05) is 24.4 Å². The summed E-state index contributed by atoms with van der Waals surface area (Å²) in [6, 6.07) is 3.39. The van der Waals surface area contributed by atoms with Crippen LogP contribution in [0.15, 0.2) is 12.1 Å². The second-order valence-electron chi connectivity index (χ2n) is 4.39. The third-order valence-electron chi connectivity index (χ3n) is 3.26. The van der Waals surface area contributed by atoms with E-state index < -0.39 is 5.97 Å². The molecule has 1 fully saturated rings. The zero-order chi connectivity index (χ0) is 12.4. The maximum atomic E-state index is 10.9. The first-order chi connectivity index (χ1) is 8.08. The van der Waals surface area contributed by atoms with Crippen molar-refractivity contribution in [2.24, 2.45) is 0 Å². The van der Waals surface area contributed by atoms with Gasteiger partial charge in [0.05, 0.1) is 5.56 Å². The summed E-state index contributed by atoms with van der Waals surface area (Å²) in [5.74, 6) is -0.336. The van der Waals surface area contributed by atoms with Crippen molar-refractivity contribution in [3.05, 3.63) is 22.8 Å². The first kappa shape index (κ1) is 12.2. The Balaban J connectivity index is 2.27. The maximum absolute atomic E-state index is 10.9. The first-order valence-electron chi connectivity index (χ1n) is 5.71. The second kappa shape index (κ2) is 4.92. The highest BCUT2D eigenvalue weighted by Gasteiger charge is 2.21. The highest BCUT2D eigenvalue weighted by atomic mass is 35.5. The predicted octanol–water partition coefficient (Wildman–Crippen LogP) is 2.81. The molecule has 17 heavy (non-hydrogen) atoms. The van der Waals surface area contributed by atoms with Crippen LogP contribution in [0.2, 0.25) is 5.15 Å². The van der Waals surface area contributed by atoms with Crippen molar-refractivity contribution in [2.45, 2.75) is 31.7 Å². The van der Waals surface area contributed by atoms with Gasteiger partial charge >= 0.3 is 5.97 Å². The lowest BCUT2D eigenvalue weighted by molar-refractivity contribution is 0.0697. The predicted molar refractivity (Wildman–Crippen MR) is 66.9 cm³/mol. The third-order valence-corrected chi connectivity index (χ3v) is 3.45. The molecule has 92 valence electrons. The lowest BCUT2D eigenvalue weighted by Gasteiger charge is -2.25. The number of aromatic nitrogens is 1. The van der Waals surface area contributed by atoms with Crippen molar-refractivity contribution < 1.29 is 9.90 Å². The van der Waals surface area contributed by atoms with Crippen LogP contribution in [0.4, 0.5) is 5.82 Å². The van der Waals surface area contributed by atoms with Gasteiger partial charge in [-0.3, -0.25) is 0 Å². The average Bonchev–Trinajstić information content (AvgIpc) is 2.80. The minimum Gasteiger partial charge on any atom is -0.478 e. The van der Waals surface area contributed by atoms with Crippen molar-refractivity contribution >= 4 is 23.4 Å². The van der Waals surface area contributed by atoms with Gasteiger partial charge in [-0.05, 0) is 25.0 Å². The first-order valence-corrected chi connectivity index (χ1v) is 6.09. The molecule has 1 saturated carbocycles. The molecule has 0 aromatic carbocycles. The number of hydrogen-bond donors (Lipinski definition) is 1. The number of anilines is 1. The number of hydrogen-bond acceptors (Lipinski definition) is 3. The van der Waals surface area contributed by atoms with Gasteiger partial charge in [-0.15, -0.1) is 0 Å². The van der Waals surface area contributed by atoms with Crippen LogP contribution in [0.1, 0.15) is 36.0 Å². The summed E-state index contributed by atoms with van der Waals surface area (Å²) in [5, 5.41) is 9.20. The molecule has 0 spiro atoms. The molecule has 5 heteroatoms. The maximum Gasteiger partial charge on any atom is 0.335 e. The van der Waals surface area contributed by atoms with Gasteiger partial charge in [-0.25, -0.2) is 9.78 Å². The van der Waals surface area contributed by atoms with Crippen molar-refractivity contribution in [3.8, 4) is 0 Å². The molecule has 1 aliphatic carbocycles. The lowest BCUT2D eigenvalue weighted by Crippen LogP contribution is -2.29.